The van der Waals surface area contributed by atoms with Gasteiger partial charge < -0.3 is 14.6 Å². The van der Waals surface area contributed by atoms with Crippen molar-refractivity contribution in [3.63, 3.8) is 0 Å². The standard InChI is InChI=1S/C14H17NO3/c1-17-12-5-3-2-4-11(12)13(16)14(10-15)6-8-18-9-7-14/h2-5,13,16H,6-9H2,1H3. The number of aliphatic hydroxyl groups is 1. The zero-order chi connectivity index (χ0) is 13.0. The molecule has 4 heteroatoms. The van der Waals surface area contributed by atoms with Gasteiger partial charge in [-0.05, 0) is 18.9 Å². The molecule has 1 heterocycles. The highest BCUT2D eigenvalue weighted by molar-refractivity contribution is 5.37. The smallest absolute Gasteiger partial charge is 0.124 e. The van der Waals surface area contributed by atoms with Gasteiger partial charge in [0.2, 0.25) is 0 Å². The molecule has 1 saturated heterocycles. The molecule has 96 valence electrons. The summed E-state index contributed by atoms with van der Waals surface area (Å²) >= 11 is 0. The minimum absolute atomic E-state index is 0.514. The average molecular weight is 247 g/mol. The van der Waals surface area contributed by atoms with Crippen LogP contribution >= 0.6 is 0 Å². The normalized spacial score (nSPS) is 19.8. The molecule has 0 aliphatic carbocycles. The predicted octanol–water partition coefficient (Wildman–Crippen LogP) is 2.05. The lowest BCUT2D eigenvalue weighted by atomic mass is 9.74. The zero-order valence-corrected chi connectivity index (χ0v) is 10.4. The van der Waals surface area contributed by atoms with Crippen molar-refractivity contribution in [2.45, 2.75) is 18.9 Å². The fourth-order valence-electron chi connectivity index (χ4n) is 2.37. The van der Waals surface area contributed by atoms with Crippen LogP contribution in [-0.2, 0) is 4.74 Å². The SMILES string of the molecule is COc1ccccc1C(O)C1(C#N)CCOCC1. The first-order chi connectivity index (χ1) is 8.73. The Hall–Kier alpha value is -1.57. The van der Waals surface area contributed by atoms with Gasteiger partial charge in [-0.2, -0.15) is 5.26 Å². The summed E-state index contributed by atoms with van der Waals surface area (Å²) in [5.74, 6) is 0.617. The summed E-state index contributed by atoms with van der Waals surface area (Å²) in [6, 6.07) is 9.56. The molecule has 1 atom stereocenters. The Balaban J connectivity index is 2.34. The van der Waals surface area contributed by atoms with E-state index in [2.05, 4.69) is 6.07 Å². The van der Waals surface area contributed by atoms with E-state index in [9.17, 15) is 10.4 Å². The number of benzene rings is 1. The molecule has 0 saturated carbocycles. The fraction of sp³-hybridized carbons (Fsp3) is 0.500. The number of aliphatic hydroxyl groups excluding tert-OH is 1. The number of para-hydroxylation sites is 1. The number of nitriles is 1. The van der Waals surface area contributed by atoms with E-state index >= 15 is 0 Å². The van der Waals surface area contributed by atoms with Gasteiger partial charge in [-0.15, -0.1) is 0 Å². The molecule has 0 radical (unpaired) electrons. The molecule has 1 aromatic carbocycles. The van der Waals surface area contributed by atoms with Crippen LogP contribution in [-0.4, -0.2) is 25.4 Å². The second-order valence-corrected chi connectivity index (χ2v) is 4.52. The van der Waals surface area contributed by atoms with E-state index in [4.69, 9.17) is 9.47 Å². The van der Waals surface area contributed by atoms with E-state index in [-0.39, 0.29) is 0 Å². The van der Waals surface area contributed by atoms with Gasteiger partial charge in [-0.3, -0.25) is 0 Å². The second kappa shape index (κ2) is 5.38. The van der Waals surface area contributed by atoms with Crippen molar-refractivity contribution in [3.05, 3.63) is 29.8 Å². The number of rotatable bonds is 3. The Kier molecular flexibility index (Phi) is 3.85. The molecule has 0 bridgehead atoms. The molecule has 0 aromatic heterocycles. The monoisotopic (exact) mass is 247 g/mol. The van der Waals surface area contributed by atoms with Crippen LogP contribution in [0.4, 0.5) is 0 Å². The molecule has 4 nitrogen and oxygen atoms in total. The van der Waals surface area contributed by atoms with E-state index in [1.54, 1.807) is 19.2 Å². The highest BCUT2D eigenvalue weighted by atomic mass is 16.5. The molecule has 1 aliphatic heterocycles. The van der Waals surface area contributed by atoms with E-state index in [1.807, 2.05) is 12.1 Å². The maximum Gasteiger partial charge on any atom is 0.124 e. The first kappa shape index (κ1) is 12.9. The van der Waals surface area contributed by atoms with E-state index in [1.165, 1.54) is 0 Å². The molecule has 1 N–H and O–H groups in total. The molecule has 2 rings (SSSR count). The maximum atomic E-state index is 10.5. The van der Waals surface area contributed by atoms with Crippen molar-refractivity contribution < 1.29 is 14.6 Å². The van der Waals surface area contributed by atoms with Crippen LogP contribution in [0.5, 0.6) is 5.75 Å². The lowest BCUT2D eigenvalue weighted by Gasteiger charge is -2.35. The molecular formula is C14H17NO3. The fourth-order valence-corrected chi connectivity index (χ4v) is 2.37. The van der Waals surface area contributed by atoms with Crippen LogP contribution in [0, 0.1) is 16.7 Å². The van der Waals surface area contributed by atoms with Crippen LogP contribution in [0.3, 0.4) is 0 Å². The highest BCUT2D eigenvalue weighted by Gasteiger charge is 2.41. The van der Waals surface area contributed by atoms with E-state index < -0.39 is 11.5 Å². The van der Waals surface area contributed by atoms with Gasteiger partial charge in [0.15, 0.2) is 0 Å². The number of methoxy groups -OCH3 is 1. The number of ether oxygens (including phenoxy) is 2. The third kappa shape index (κ3) is 2.20. The van der Waals surface area contributed by atoms with Crippen molar-refractivity contribution in [1.29, 1.82) is 5.26 Å². The van der Waals surface area contributed by atoms with E-state index in [0.717, 1.165) is 0 Å². The van der Waals surface area contributed by atoms with Gasteiger partial charge in [0.05, 0.1) is 18.6 Å². The first-order valence-electron chi connectivity index (χ1n) is 6.03. The summed E-state index contributed by atoms with van der Waals surface area (Å²) in [4.78, 5) is 0. The second-order valence-electron chi connectivity index (χ2n) is 4.52. The minimum Gasteiger partial charge on any atom is -0.496 e. The Morgan fingerprint density at radius 2 is 2.06 bits per heavy atom. The molecule has 1 aromatic rings. The Bertz CT molecular complexity index is 447. The Morgan fingerprint density at radius 1 is 1.39 bits per heavy atom. The lowest BCUT2D eigenvalue weighted by Crippen LogP contribution is -2.34. The quantitative estimate of drug-likeness (QED) is 0.888. The van der Waals surface area contributed by atoms with Crippen molar-refractivity contribution >= 4 is 0 Å². The van der Waals surface area contributed by atoms with Crippen molar-refractivity contribution in [1.82, 2.24) is 0 Å². The Labute approximate surface area is 107 Å². The maximum absolute atomic E-state index is 10.5. The van der Waals surface area contributed by atoms with Crippen LogP contribution in [0.15, 0.2) is 24.3 Å². The Morgan fingerprint density at radius 3 is 2.67 bits per heavy atom. The van der Waals surface area contributed by atoms with Crippen LogP contribution in [0.1, 0.15) is 24.5 Å². The van der Waals surface area contributed by atoms with Crippen LogP contribution in [0.25, 0.3) is 0 Å². The molecular weight excluding hydrogens is 230 g/mol. The predicted molar refractivity (Wildman–Crippen MR) is 66.1 cm³/mol. The van der Waals surface area contributed by atoms with Crippen molar-refractivity contribution in [2.75, 3.05) is 20.3 Å². The minimum atomic E-state index is -0.845. The van der Waals surface area contributed by atoms with Gasteiger partial charge >= 0.3 is 0 Å². The summed E-state index contributed by atoms with van der Waals surface area (Å²) in [6.07, 6.45) is 0.244. The third-order valence-electron chi connectivity index (χ3n) is 3.56. The van der Waals surface area contributed by atoms with Gasteiger partial charge in [0.1, 0.15) is 11.9 Å². The van der Waals surface area contributed by atoms with Gasteiger partial charge in [0.25, 0.3) is 0 Å². The summed E-state index contributed by atoms with van der Waals surface area (Å²) < 4.78 is 10.5. The topological polar surface area (TPSA) is 62.5 Å². The zero-order valence-electron chi connectivity index (χ0n) is 10.4. The average Bonchev–Trinajstić information content (AvgIpc) is 2.47. The van der Waals surface area contributed by atoms with E-state index in [0.29, 0.717) is 37.4 Å². The molecule has 1 aliphatic rings. The van der Waals surface area contributed by atoms with Crippen molar-refractivity contribution in [2.24, 2.45) is 5.41 Å². The summed E-state index contributed by atoms with van der Waals surface area (Å²) in [6.45, 7) is 1.03. The first-order valence-corrected chi connectivity index (χ1v) is 6.03. The van der Waals surface area contributed by atoms with Gasteiger partial charge in [-0.1, -0.05) is 18.2 Å². The summed E-state index contributed by atoms with van der Waals surface area (Å²) in [5, 5.41) is 20.0. The summed E-state index contributed by atoms with van der Waals surface area (Å²) in [5.41, 5.74) is -0.101. The van der Waals surface area contributed by atoms with Gasteiger partial charge in [0, 0.05) is 18.8 Å². The molecule has 1 fully saturated rings. The molecule has 18 heavy (non-hydrogen) atoms. The van der Waals surface area contributed by atoms with Gasteiger partial charge in [-0.25, -0.2) is 0 Å². The highest BCUT2D eigenvalue weighted by Crippen LogP contribution is 2.44. The van der Waals surface area contributed by atoms with Crippen molar-refractivity contribution in [3.8, 4) is 11.8 Å². The third-order valence-corrected chi connectivity index (χ3v) is 3.56. The number of hydrogen-bond donors (Lipinski definition) is 1. The largest absolute Gasteiger partial charge is 0.496 e. The summed E-state index contributed by atoms with van der Waals surface area (Å²) in [7, 11) is 1.56. The number of hydrogen-bond acceptors (Lipinski definition) is 4. The van der Waals surface area contributed by atoms with Crippen LogP contribution < -0.4 is 4.74 Å². The molecule has 0 amide bonds. The van der Waals surface area contributed by atoms with Crippen LogP contribution in [0.2, 0.25) is 0 Å². The molecule has 0 spiro atoms. The number of nitrogens with zero attached hydrogens (tertiary/aromatic N) is 1. The molecule has 1 unspecified atom stereocenters. The lowest BCUT2D eigenvalue weighted by molar-refractivity contribution is -0.0317.